The number of amides is 2. The zero-order chi connectivity index (χ0) is 13.8. The third kappa shape index (κ3) is 4.80. The van der Waals surface area contributed by atoms with Crippen LogP contribution in [0.2, 0.25) is 0 Å². The lowest BCUT2D eigenvalue weighted by atomic mass is 10.3. The molecule has 6 nitrogen and oxygen atoms in total. The molecule has 1 heterocycles. The average Bonchev–Trinajstić information content (AvgIpc) is 3.15. The maximum atomic E-state index is 11.7. The minimum Gasteiger partial charge on any atom is -0.352 e. The molecule has 1 N–H and O–H groups in total. The molecule has 1 aliphatic heterocycles. The molecule has 0 radical (unpaired) electrons. The molecule has 2 aliphatic rings. The van der Waals surface area contributed by atoms with Crippen LogP contribution in [0.15, 0.2) is 0 Å². The minimum atomic E-state index is 0.139. The van der Waals surface area contributed by atoms with Crippen molar-refractivity contribution in [3.63, 3.8) is 0 Å². The summed E-state index contributed by atoms with van der Waals surface area (Å²) in [6.07, 6.45) is 2.26. The van der Waals surface area contributed by atoms with E-state index in [0.717, 1.165) is 39.0 Å². The molecule has 108 valence electrons. The number of likely N-dealkylation sites (N-methyl/N-ethyl adjacent to an activating group) is 1. The predicted octanol–water partition coefficient (Wildman–Crippen LogP) is -1.03. The van der Waals surface area contributed by atoms with E-state index in [1.54, 1.807) is 19.0 Å². The van der Waals surface area contributed by atoms with Crippen LogP contribution in [0.4, 0.5) is 0 Å². The third-order valence-electron chi connectivity index (χ3n) is 3.63. The second kappa shape index (κ2) is 6.34. The first-order valence-corrected chi connectivity index (χ1v) is 6.99. The van der Waals surface area contributed by atoms with Gasteiger partial charge in [-0.1, -0.05) is 0 Å². The molecule has 0 unspecified atom stereocenters. The summed E-state index contributed by atoms with van der Waals surface area (Å²) < 4.78 is 0. The number of hydrogen-bond acceptors (Lipinski definition) is 4. The summed E-state index contributed by atoms with van der Waals surface area (Å²) >= 11 is 0. The summed E-state index contributed by atoms with van der Waals surface area (Å²) in [4.78, 5) is 29.2. The number of rotatable bonds is 5. The van der Waals surface area contributed by atoms with Crippen molar-refractivity contribution >= 4 is 11.8 Å². The van der Waals surface area contributed by atoms with Crippen molar-refractivity contribution in [1.82, 2.24) is 20.0 Å². The Balaban J connectivity index is 1.64. The fourth-order valence-electron chi connectivity index (χ4n) is 2.14. The molecule has 19 heavy (non-hydrogen) atoms. The van der Waals surface area contributed by atoms with E-state index in [-0.39, 0.29) is 11.8 Å². The van der Waals surface area contributed by atoms with Gasteiger partial charge in [0.15, 0.2) is 0 Å². The van der Waals surface area contributed by atoms with Gasteiger partial charge in [0.1, 0.15) is 0 Å². The Morgan fingerprint density at radius 2 is 1.58 bits per heavy atom. The van der Waals surface area contributed by atoms with Crippen molar-refractivity contribution in [2.24, 2.45) is 0 Å². The van der Waals surface area contributed by atoms with Gasteiger partial charge < -0.3 is 10.2 Å². The van der Waals surface area contributed by atoms with Crippen molar-refractivity contribution < 1.29 is 9.59 Å². The van der Waals surface area contributed by atoms with Gasteiger partial charge in [-0.05, 0) is 12.8 Å². The lowest BCUT2D eigenvalue weighted by Crippen LogP contribution is -2.51. The van der Waals surface area contributed by atoms with Crippen LogP contribution in [0.1, 0.15) is 12.8 Å². The lowest BCUT2D eigenvalue weighted by Gasteiger charge is -2.34. The zero-order valence-electron chi connectivity index (χ0n) is 11.9. The lowest BCUT2D eigenvalue weighted by molar-refractivity contribution is -0.131. The molecule has 0 atom stereocenters. The fraction of sp³-hybridized carbons (Fsp3) is 0.846. The van der Waals surface area contributed by atoms with Crippen LogP contribution in [0.3, 0.4) is 0 Å². The van der Waals surface area contributed by atoms with Crippen molar-refractivity contribution in [1.29, 1.82) is 0 Å². The molecular formula is C13H24N4O2. The van der Waals surface area contributed by atoms with Gasteiger partial charge >= 0.3 is 0 Å². The number of piperazine rings is 1. The SMILES string of the molecule is CN(C)C(=O)CN1CCN(CC(=O)NC2CC2)CC1. The largest absolute Gasteiger partial charge is 0.352 e. The third-order valence-corrected chi connectivity index (χ3v) is 3.63. The Kier molecular flexibility index (Phi) is 4.76. The first-order chi connectivity index (χ1) is 9.04. The van der Waals surface area contributed by atoms with E-state index < -0.39 is 0 Å². The van der Waals surface area contributed by atoms with Crippen LogP contribution >= 0.6 is 0 Å². The van der Waals surface area contributed by atoms with Gasteiger partial charge in [0.25, 0.3) is 0 Å². The van der Waals surface area contributed by atoms with Gasteiger partial charge in [0.05, 0.1) is 13.1 Å². The van der Waals surface area contributed by atoms with Gasteiger partial charge in [0.2, 0.25) is 11.8 Å². The Labute approximate surface area is 114 Å². The van der Waals surface area contributed by atoms with E-state index in [0.29, 0.717) is 19.1 Å². The molecule has 0 spiro atoms. The Bertz CT molecular complexity index is 334. The van der Waals surface area contributed by atoms with Crippen molar-refractivity contribution in [3.05, 3.63) is 0 Å². The van der Waals surface area contributed by atoms with Crippen LogP contribution in [0.25, 0.3) is 0 Å². The number of carbonyl (C=O) groups is 2. The molecule has 1 saturated heterocycles. The fourth-order valence-corrected chi connectivity index (χ4v) is 2.14. The maximum Gasteiger partial charge on any atom is 0.236 e. The normalized spacial score (nSPS) is 21.2. The Morgan fingerprint density at radius 1 is 1.05 bits per heavy atom. The highest BCUT2D eigenvalue weighted by molar-refractivity contribution is 5.78. The summed E-state index contributed by atoms with van der Waals surface area (Å²) in [5, 5.41) is 3.00. The maximum absolute atomic E-state index is 11.7. The van der Waals surface area contributed by atoms with Crippen LogP contribution in [-0.2, 0) is 9.59 Å². The van der Waals surface area contributed by atoms with Crippen molar-refractivity contribution in [2.75, 3.05) is 53.4 Å². The monoisotopic (exact) mass is 268 g/mol. The van der Waals surface area contributed by atoms with Gasteiger partial charge in [-0.3, -0.25) is 19.4 Å². The standard InChI is InChI=1S/C13H24N4O2/c1-15(2)13(19)10-17-7-5-16(6-8-17)9-12(18)14-11-3-4-11/h11H,3-10H2,1-2H3,(H,14,18). The molecule has 0 aromatic heterocycles. The molecule has 0 bridgehead atoms. The predicted molar refractivity (Wildman–Crippen MR) is 72.7 cm³/mol. The molecule has 2 amide bonds. The van der Waals surface area contributed by atoms with Crippen LogP contribution in [0.5, 0.6) is 0 Å². The highest BCUT2D eigenvalue weighted by Crippen LogP contribution is 2.18. The quantitative estimate of drug-likeness (QED) is 0.693. The Morgan fingerprint density at radius 3 is 2.05 bits per heavy atom. The molecule has 2 rings (SSSR count). The van der Waals surface area contributed by atoms with Crippen molar-refractivity contribution in [2.45, 2.75) is 18.9 Å². The number of carbonyl (C=O) groups excluding carboxylic acids is 2. The van der Waals surface area contributed by atoms with Gasteiger partial charge in [0, 0.05) is 46.3 Å². The first-order valence-electron chi connectivity index (χ1n) is 6.99. The Hall–Kier alpha value is -1.14. The van der Waals surface area contributed by atoms with Crippen LogP contribution in [0, 0.1) is 0 Å². The van der Waals surface area contributed by atoms with E-state index >= 15 is 0 Å². The molecule has 0 aromatic carbocycles. The molecule has 6 heteroatoms. The van der Waals surface area contributed by atoms with Gasteiger partial charge in [-0.15, -0.1) is 0 Å². The topological polar surface area (TPSA) is 55.9 Å². The highest BCUT2D eigenvalue weighted by Gasteiger charge is 2.25. The van der Waals surface area contributed by atoms with Gasteiger partial charge in [-0.2, -0.15) is 0 Å². The number of nitrogens with zero attached hydrogens (tertiary/aromatic N) is 3. The van der Waals surface area contributed by atoms with Gasteiger partial charge in [-0.25, -0.2) is 0 Å². The molecule has 1 aliphatic carbocycles. The van der Waals surface area contributed by atoms with E-state index in [4.69, 9.17) is 0 Å². The second-order valence-electron chi connectivity index (χ2n) is 5.68. The summed E-state index contributed by atoms with van der Waals surface area (Å²) in [6, 6.07) is 0.437. The summed E-state index contributed by atoms with van der Waals surface area (Å²) in [5.41, 5.74) is 0. The number of nitrogens with one attached hydrogen (secondary N) is 1. The summed E-state index contributed by atoms with van der Waals surface area (Å²) in [5.74, 6) is 0.278. The van der Waals surface area contributed by atoms with Crippen LogP contribution in [-0.4, -0.2) is 85.9 Å². The van der Waals surface area contributed by atoms with E-state index in [2.05, 4.69) is 15.1 Å². The van der Waals surface area contributed by atoms with E-state index in [1.165, 1.54) is 0 Å². The smallest absolute Gasteiger partial charge is 0.236 e. The van der Waals surface area contributed by atoms with Crippen LogP contribution < -0.4 is 5.32 Å². The number of hydrogen-bond donors (Lipinski definition) is 1. The molecule has 0 aromatic rings. The first kappa shape index (κ1) is 14.3. The van der Waals surface area contributed by atoms with E-state index in [1.807, 2.05) is 0 Å². The minimum absolute atomic E-state index is 0.139. The molecule has 1 saturated carbocycles. The highest BCUT2D eigenvalue weighted by atomic mass is 16.2. The second-order valence-corrected chi connectivity index (χ2v) is 5.68. The molecular weight excluding hydrogens is 244 g/mol. The average molecular weight is 268 g/mol. The summed E-state index contributed by atoms with van der Waals surface area (Å²) in [6.45, 7) is 4.41. The zero-order valence-corrected chi connectivity index (χ0v) is 11.9. The van der Waals surface area contributed by atoms with Crippen molar-refractivity contribution in [3.8, 4) is 0 Å². The van der Waals surface area contributed by atoms with E-state index in [9.17, 15) is 9.59 Å². The summed E-state index contributed by atoms with van der Waals surface area (Å²) in [7, 11) is 3.56. The molecule has 2 fully saturated rings.